The van der Waals surface area contributed by atoms with E-state index < -0.39 is 0 Å². The molecule has 27 heavy (non-hydrogen) atoms. The van der Waals surface area contributed by atoms with Crippen molar-refractivity contribution < 1.29 is 14.3 Å². The van der Waals surface area contributed by atoms with Crippen molar-refractivity contribution >= 4 is 5.91 Å². The Labute approximate surface area is 161 Å². The molecule has 0 aliphatic heterocycles. The third-order valence-electron chi connectivity index (χ3n) is 5.08. The van der Waals surface area contributed by atoms with Gasteiger partial charge in [0.05, 0.1) is 13.7 Å². The van der Waals surface area contributed by atoms with Gasteiger partial charge in [-0.25, -0.2) is 0 Å². The minimum Gasteiger partial charge on any atom is -0.496 e. The van der Waals surface area contributed by atoms with Gasteiger partial charge in [-0.3, -0.25) is 4.79 Å². The normalized spacial score (nSPS) is 18.0. The van der Waals surface area contributed by atoms with Gasteiger partial charge in [0.15, 0.2) is 0 Å². The van der Waals surface area contributed by atoms with Crippen molar-refractivity contribution in [2.45, 2.75) is 38.5 Å². The van der Waals surface area contributed by atoms with Gasteiger partial charge in [0.25, 0.3) is 0 Å². The van der Waals surface area contributed by atoms with Crippen molar-refractivity contribution in [1.29, 1.82) is 0 Å². The van der Waals surface area contributed by atoms with E-state index in [2.05, 4.69) is 29.6 Å². The molecule has 144 valence electrons. The monoisotopic (exact) mass is 367 g/mol. The van der Waals surface area contributed by atoms with Crippen LogP contribution in [0.1, 0.15) is 43.2 Å². The van der Waals surface area contributed by atoms with Crippen LogP contribution in [0.25, 0.3) is 0 Å². The molecule has 1 saturated carbocycles. The fourth-order valence-corrected chi connectivity index (χ4v) is 3.47. The fraction of sp³-hybridized carbons (Fsp3) is 0.435. The topological polar surface area (TPSA) is 47.6 Å². The van der Waals surface area contributed by atoms with Crippen LogP contribution >= 0.6 is 0 Å². The Morgan fingerprint density at radius 3 is 2.85 bits per heavy atom. The first-order valence-electron chi connectivity index (χ1n) is 9.82. The molecule has 1 fully saturated rings. The summed E-state index contributed by atoms with van der Waals surface area (Å²) in [6.45, 7) is 3.42. The van der Waals surface area contributed by atoms with Crippen molar-refractivity contribution in [3.8, 4) is 11.5 Å². The lowest BCUT2D eigenvalue weighted by Gasteiger charge is -2.10. The molecule has 0 aromatic heterocycles. The first kappa shape index (κ1) is 19.3. The first-order chi connectivity index (χ1) is 13.2. The summed E-state index contributed by atoms with van der Waals surface area (Å²) in [6.07, 6.45) is 3.46. The Morgan fingerprint density at radius 1 is 1.19 bits per heavy atom. The molecule has 2 atom stereocenters. The molecule has 2 aromatic rings. The number of ether oxygens (including phenoxy) is 2. The van der Waals surface area contributed by atoms with Crippen LogP contribution in [0.3, 0.4) is 0 Å². The standard InChI is InChI=1S/C23H29NO3/c1-3-7-23(25)24-16-19-15-21(19)18-9-6-10-20(14-18)27-13-12-17-8-4-5-11-22(17)26-2/h4-6,8-11,14,19,21H,3,7,12-13,15-16H2,1-2H3,(H,24,25)/t19-,21-/m0/s1. The van der Waals surface area contributed by atoms with Crippen molar-refractivity contribution in [2.24, 2.45) is 5.92 Å². The van der Waals surface area contributed by atoms with Gasteiger partial charge in [-0.15, -0.1) is 0 Å². The van der Waals surface area contributed by atoms with E-state index in [0.717, 1.165) is 42.9 Å². The Kier molecular flexibility index (Phi) is 6.74. The molecule has 1 aliphatic rings. The molecule has 1 amide bonds. The van der Waals surface area contributed by atoms with Crippen molar-refractivity contribution in [2.75, 3.05) is 20.3 Å². The Morgan fingerprint density at radius 2 is 2.04 bits per heavy atom. The summed E-state index contributed by atoms with van der Waals surface area (Å²) in [5.41, 5.74) is 2.46. The number of benzene rings is 2. The quantitative estimate of drug-likeness (QED) is 0.680. The van der Waals surface area contributed by atoms with E-state index in [-0.39, 0.29) is 5.91 Å². The summed E-state index contributed by atoms with van der Waals surface area (Å²) in [5.74, 6) is 3.06. The maximum Gasteiger partial charge on any atom is 0.219 e. The van der Waals surface area contributed by atoms with Crippen LogP contribution in [0.5, 0.6) is 11.5 Å². The van der Waals surface area contributed by atoms with Crippen molar-refractivity contribution in [3.05, 3.63) is 59.7 Å². The van der Waals surface area contributed by atoms with Crippen LogP contribution in [0.4, 0.5) is 0 Å². The highest BCUT2D eigenvalue weighted by Crippen LogP contribution is 2.47. The summed E-state index contributed by atoms with van der Waals surface area (Å²) in [6, 6.07) is 16.4. The molecule has 4 nitrogen and oxygen atoms in total. The van der Waals surface area contributed by atoms with Crippen LogP contribution in [0.15, 0.2) is 48.5 Å². The van der Waals surface area contributed by atoms with Crippen LogP contribution in [0.2, 0.25) is 0 Å². The molecule has 0 unspecified atom stereocenters. The number of amides is 1. The van der Waals surface area contributed by atoms with E-state index in [1.165, 1.54) is 5.56 Å². The third kappa shape index (κ3) is 5.49. The molecular weight excluding hydrogens is 338 g/mol. The Bertz CT molecular complexity index is 759. The van der Waals surface area contributed by atoms with Gasteiger partial charge in [-0.05, 0) is 54.0 Å². The molecule has 2 aromatic carbocycles. The summed E-state index contributed by atoms with van der Waals surface area (Å²) >= 11 is 0. The maximum atomic E-state index is 11.6. The number of nitrogens with one attached hydrogen (secondary N) is 1. The SMILES string of the molecule is CCCC(=O)NC[C@@H]1C[C@H]1c1cccc(OCCc2ccccc2OC)c1. The van der Waals surface area contributed by atoms with Gasteiger partial charge in [-0.1, -0.05) is 37.3 Å². The number of hydrogen-bond acceptors (Lipinski definition) is 3. The number of para-hydroxylation sites is 1. The van der Waals surface area contributed by atoms with Gasteiger partial charge in [0.1, 0.15) is 11.5 Å². The second-order valence-corrected chi connectivity index (χ2v) is 7.14. The first-order valence-corrected chi connectivity index (χ1v) is 9.82. The fourth-order valence-electron chi connectivity index (χ4n) is 3.47. The van der Waals surface area contributed by atoms with E-state index >= 15 is 0 Å². The van der Waals surface area contributed by atoms with E-state index in [1.54, 1.807) is 7.11 Å². The van der Waals surface area contributed by atoms with Gasteiger partial charge < -0.3 is 14.8 Å². The van der Waals surface area contributed by atoms with Gasteiger partial charge in [0.2, 0.25) is 5.91 Å². The highest BCUT2D eigenvalue weighted by molar-refractivity contribution is 5.75. The number of rotatable bonds is 10. The Balaban J connectivity index is 1.48. The largest absolute Gasteiger partial charge is 0.496 e. The van der Waals surface area contributed by atoms with Crippen molar-refractivity contribution in [3.63, 3.8) is 0 Å². The lowest BCUT2D eigenvalue weighted by Crippen LogP contribution is -2.25. The zero-order valence-corrected chi connectivity index (χ0v) is 16.2. The summed E-state index contributed by atoms with van der Waals surface area (Å²) < 4.78 is 11.4. The summed E-state index contributed by atoms with van der Waals surface area (Å²) in [4.78, 5) is 11.6. The number of methoxy groups -OCH3 is 1. The third-order valence-corrected chi connectivity index (χ3v) is 5.08. The Hall–Kier alpha value is -2.49. The molecular formula is C23H29NO3. The van der Waals surface area contributed by atoms with E-state index in [0.29, 0.717) is 24.9 Å². The molecule has 3 rings (SSSR count). The van der Waals surface area contributed by atoms with Crippen LogP contribution in [-0.2, 0) is 11.2 Å². The predicted molar refractivity (Wildman–Crippen MR) is 107 cm³/mol. The lowest BCUT2D eigenvalue weighted by molar-refractivity contribution is -0.121. The van der Waals surface area contributed by atoms with Gasteiger partial charge in [-0.2, -0.15) is 0 Å². The van der Waals surface area contributed by atoms with E-state index in [4.69, 9.17) is 9.47 Å². The second-order valence-electron chi connectivity index (χ2n) is 7.14. The average Bonchev–Trinajstić information content (AvgIpc) is 3.47. The predicted octanol–water partition coefficient (Wildman–Crippen LogP) is 4.34. The van der Waals surface area contributed by atoms with Crippen LogP contribution < -0.4 is 14.8 Å². The molecule has 0 radical (unpaired) electrons. The molecule has 1 N–H and O–H groups in total. The summed E-state index contributed by atoms with van der Waals surface area (Å²) in [5, 5.41) is 3.04. The van der Waals surface area contributed by atoms with Crippen LogP contribution in [-0.4, -0.2) is 26.2 Å². The zero-order chi connectivity index (χ0) is 19.1. The number of carbonyl (C=O) groups excluding carboxylic acids is 1. The minimum absolute atomic E-state index is 0.163. The highest BCUT2D eigenvalue weighted by atomic mass is 16.5. The molecule has 0 saturated heterocycles. The molecule has 0 bridgehead atoms. The average molecular weight is 367 g/mol. The van der Waals surface area contributed by atoms with E-state index in [1.807, 2.05) is 31.2 Å². The van der Waals surface area contributed by atoms with Crippen LogP contribution in [0, 0.1) is 5.92 Å². The zero-order valence-electron chi connectivity index (χ0n) is 16.2. The highest BCUT2D eigenvalue weighted by Gasteiger charge is 2.38. The van der Waals surface area contributed by atoms with Crippen molar-refractivity contribution in [1.82, 2.24) is 5.32 Å². The van der Waals surface area contributed by atoms with Gasteiger partial charge >= 0.3 is 0 Å². The van der Waals surface area contributed by atoms with E-state index in [9.17, 15) is 4.79 Å². The number of carbonyl (C=O) groups is 1. The number of hydrogen-bond donors (Lipinski definition) is 1. The molecule has 4 heteroatoms. The minimum atomic E-state index is 0.163. The van der Waals surface area contributed by atoms with Gasteiger partial charge in [0, 0.05) is 19.4 Å². The maximum absolute atomic E-state index is 11.6. The molecule has 0 heterocycles. The molecule has 0 spiro atoms. The second kappa shape index (κ2) is 9.45. The smallest absolute Gasteiger partial charge is 0.219 e. The summed E-state index contributed by atoms with van der Waals surface area (Å²) in [7, 11) is 1.69. The lowest BCUT2D eigenvalue weighted by atomic mass is 10.1. The molecule has 1 aliphatic carbocycles.